The molecule has 20 heavy (non-hydrogen) atoms. The fraction of sp³-hybridized carbons (Fsp3) is 0.417. The Balaban J connectivity index is 2.43. The molecule has 0 saturated carbocycles. The summed E-state index contributed by atoms with van der Waals surface area (Å²) in [5.74, 6) is -0.890. The molecule has 0 bridgehead atoms. The number of nitrogens with zero attached hydrogens (tertiary/aromatic N) is 1. The number of carboxylic acid groups (broad SMARTS) is 1. The number of benzene rings is 1. The highest BCUT2D eigenvalue weighted by molar-refractivity contribution is 7.87. The fourth-order valence-corrected chi connectivity index (χ4v) is 2.38. The van der Waals surface area contributed by atoms with Crippen LogP contribution in [0, 0.1) is 0 Å². The molecule has 0 fully saturated rings. The highest BCUT2D eigenvalue weighted by Gasteiger charge is 2.17. The molecule has 8 heteroatoms. The van der Waals surface area contributed by atoms with Crippen LogP contribution in [-0.4, -0.2) is 49.0 Å². The van der Waals surface area contributed by atoms with Crippen molar-refractivity contribution in [1.29, 1.82) is 0 Å². The van der Waals surface area contributed by atoms with Gasteiger partial charge in [0.15, 0.2) is 0 Å². The predicted octanol–water partition coefficient (Wildman–Crippen LogP) is 0.176. The monoisotopic (exact) mass is 302 g/mol. The molecule has 3 N–H and O–H groups in total. The van der Waals surface area contributed by atoms with Crippen molar-refractivity contribution >= 4 is 16.2 Å². The summed E-state index contributed by atoms with van der Waals surface area (Å²) < 4.78 is 26.9. The van der Waals surface area contributed by atoms with Crippen molar-refractivity contribution in [3.05, 3.63) is 29.8 Å². The van der Waals surface area contributed by atoms with Crippen LogP contribution in [0.15, 0.2) is 24.3 Å². The van der Waals surface area contributed by atoms with Crippen molar-refractivity contribution in [2.45, 2.75) is 12.8 Å². The summed E-state index contributed by atoms with van der Waals surface area (Å²) in [6, 6.07) is 6.47. The van der Waals surface area contributed by atoms with Crippen molar-refractivity contribution in [3.8, 4) is 5.75 Å². The Morgan fingerprint density at radius 1 is 1.30 bits per heavy atom. The van der Waals surface area contributed by atoms with Crippen LogP contribution in [-0.2, 0) is 21.4 Å². The summed E-state index contributed by atoms with van der Waals surface area (Å²) in [4.78, 5) is 10.4. The predicted molar refractivity (Wildman–Crippen MR) is 73.6 cm³/mol. The summed E-state index contributed by atoms with van der Waals surface area (Å²) in [6.45, 7) is 0.119. The van der Waals surface area contributed by atoms with Gasteiger partial charge in [0, 0.05) is 20.1 Å². The summed E-state index contributed by atoms with van der Waals surface area (Å²) in [5.41, 5.74) is 0.888. The van der Waals surface area contributed by atoms with Crippen LogP contribution in [0.3, 0.4) is 0 Å². The zero-order valence-corrected chi connectivity index (χ0v) is 11.9. The summed E-state index contributed by atoms with van der Waals surface area (Å²) >= 11 is 0. The zero-order chi connectivity index (χ0) is 15.2. The number of hydrogen-bond acceptors (Lipinski definition) is 4. The van der Waals surface area contributed by atoms with Crippen molar-refractivity contribution in [2.75, 3.05) is 20.1 Å². The average molecular weight is 302 g/mol. The quantitative estimate of drug-likeness (QED) is 0.635. The van der Waals surface area contributed by atoms with Gasteiger partial charge in [0.25, 0.3) is 10.2 Å². The third kappa shape index (κ3) is 5.55. The minimum absolute atomic E-state index is 0.0795. The van der Waals surface area contributed by atoms with Crippen LogP contribution in [0.2, 0.25) is 0 Å². The third-order valence-electron chi connectivity index (χ3n) is 2.69. The molecule has 0 aliphatic carbocycles. The lowest BCUT2D eigenvalue weighted by Crippen LogP contribution is -2.40. The molecule has 1 aromatic rings. The number of carbonyl (C=O) groups is 1. The Morgan fingerprint density at radius 2 is 1.90 bits per heavy atom. The molecule has 0 saturated heterocycles. The molecule has 7 nitrogen and oxygen atoms in total. The number of carboxylic acids is 1. The lowest BCUT2D eigenvalue weighted by Gasteiger charge is -2.16. The standard InChI is InChI=1S/C12H18N2O5S/c1-14(9-7-12(16)17)20(18,19)13-8-6-10-2-4-11(15)5-3-10/h2-5,13,15H,6-9H2,1H3,(H,16,17). The number of hydrogen-bond donors (Lipinski definition) is 3. The van der Waals surface area contributed by atoms with Gasteiger partial charge < -0.3 is 10.2 Å². The molecular formula is C12H18N2O5S. The van der Waals surface area contributed by atoms with E-state index in [1.54, 1.807) is 12.1 Å². The SMILES string of the molecule is CN(CCC(=O)O)S(=O)(=O)NCCc1ccc(O)cc1. The smallest absolute Gasteiger partial charge is 0.304 e. The van der Waals surface area contributed by atoms with Crippen LogP contribution in [0.5, 0.6) is 5.75 Å². The fourth-order valence-electron chi connectivity index (χ4n) is 1.47. The van der Waals surface area contributed by atoms with Crippen LogP contribution in [0.4, 0.5) is 0 Å². The van der Waals surface area contributed by atoms with Gasteiger partial charge >= 0.3 is 5.97 Å². The molecule has 0 atom stereocenters. The summed E-state index contributed by atoms with van der Waals surface area (Å²) in [5, 5.41) is 17.6. The molecule has 0 amide bonds. The minimum Gasteiger partial charge on any atom is -0.508 e. The molecule has 0 heterocycles. The van der Waals surface area contributed by atoms with Gasteiger partial charge in [0.1, 0.15) is 5.75 Å². The van der Waals surface area contributed by atoms with Gasteiger partial charge in [0.2, 0.25) is 0 Å². The number of rotatable bonds is 8. The molecule has 0 aliphatic heterocycles. The lowest BCUT2D eigenvalue weighted by atomic mass is 10.1. The molecule has 0 spiro atoms. The van der Waals surface area contributed by atoms with Crippen LogP contribution >= 0.6 is 0 Å². The first-order valence-electron chi connectivity index (χ1n) is 6.02. The van der Waals surface area contributed by atoms with Crippen LogP contribution in [0.25, 0.3) is 0 Å². The van der Waals surface area contributed by atoms with Gasteiger partial charge in [-0.1, -0.05) is 12.1 Å². The van der Waals surface area contributed by atoms with E-state index in [0.29, 0.717) is 6.42 Å². The minimum atomic E-state index is -3.66. The highest BCUT2D eigenvalue weighted by atomic mass is 32.2. The van der Waals surface area contributed by atoms with E-state index in [-0.39, 0.29) is 25.3 Å². The van der Waals surface area contributed by atoms with Crippen molar-refractivity contribution in [2.24, 2.45) is 0 Å². The number of phenols is 1. The number of nitrogens with one attached hydrogen (secondary N) is 1. The van der Waals surface area contributed by atoms with Crippen molar-refractivity contribution in [3.63, 3.8) is 0 Å². The Labute approximate surface area is 118 Å². The maximum absolute atomic E-state index is 11.8. The molecule has 112 valence electrons. The lowest BCUT2D eigenvalue weighted by molar-refractivity contribution is -0.137. The molecular weight excluding hydrogens is 284 g/mol. The topological polar surface area (TPSA) is 107 Å². The first kappa shape index (κ1) is 16.4. The molecule has 0 aliphatic rings. The molecule has 1 aromatic carbocycles. The van der Waals surface area contributed by atoms with Crippen molar-refractivity contribution < 1.29 is 23.4 Å². The summed E-state index contributed by atoms with van der Waals surface area (Å²) in [6.07, 6.45) is 0.238. The second-order valence-electron chi connectivity index (χ2n) is 4.28. The van der Waals surface area contributed by atoms with Crippen LogP contribution < -0.4 is 4.72 Å². The number of aliphatic carboxylic acids is 1. The van der Waals surface area contributed by atoms with E-state index in [1.807, 2.05) is 0 Å². The van der Waals surface area contributed by atoms with E-state index in [2.05, 4.69) is 4.72 Å². The largest absolute Gasteiger partial charge is 0.508 e. The Hall–Kier alpha value is -1.64. The maximum Gasteiger partial charge on any atom is 0.304 e. The van der Waals surface area contributed by atoms with E-state index in [4.69, 9.17) is 10.2 Å². The van der Waals surface area contributed by atoms with Crippen molar-refractivity contribution in [1.82, 2.24) is 9.03 Å². The van der Waals surface area contributed by atoms with E-state index < -0.39 is 16.2 Å². The Bertz CT molecular complexity index is 541. The van der Waals surface area contributed by atoms with E-state index >= 15 is 0 Å². The zero-order valence-electron chi connectivity index (χ0n) is 11.1. The molecule has 0 unspecified atom stereocenters. The Morgan fingerprint density at radius 3 is 2.45 bits per heavy atom. The molecule has 0 radical (unpaired) electrons. The first-order valence-corrected chi connectivity index (χ1v) is 7.46. The second-order valence-corrected chi connectivity index (χ2v) is 6.14. The number of phenolic OH excluding ortho intramolecular Hbond substituents is 1. The third-order valence-corrected chi connectivity index (χ3v) is 4.26. The highest BCUT2D eigenvalue weighted by Crippen LogP contribution is 2.09. The van der Waals surface area contributed by atoms with E-state index in [0.717, 1.165) is 9.87 Å². The molecule has 0 aromatic heterocycles. The summed E-state index contributed by atoms with van der Waals surface area (Å²) in [7, 11) is -2.34. The first-order chi connectivity index (χ1) is 9.31. The van der Waals surface area contributed by atoms with Gasteiger partial charge in [-0.2, -0.15) is 12.7 Å². The van der Waals surface area contributed by atoms with Crippen LogP contribution in [0.1, 0.15) is 12.0 Å². The van der Waals surface area contributed by atoms with E-state index in [1.165, 1.54) is 19.2 Å². The Kier molecular flexibility index (Phi) is 5.93. The van der Waals surface area contributed by atoms with Gasteiger partial charge in [-0.3, -0.25) is 4.79 Å². The van der Waals surface area contributed by atoms with Gasteiger partial charge in [-0.05, 0) is 24.1 Å². The second kappa shape index (κ2) is 7.22. The maximum atomic E-state index is 11.8. The van der Waals surface area contributed by atoms with Gasteiger partial charge in [-0.15, -0.1) is 0 Å². The average Bonchev–Trinajstić information content (AvgIpc) is 2.38. The normalized spacial score (nSPS) is 11.7. The van der Waals surface area contributed by atoms with Gasteiger partial charge in [-0.25, -0.2) is 4.72 Å². The van der Waals surface area contributed by atoms with E-state index in [9.17, 15) is 13.2 Å². The van der Waals surface area contributed by atoms with Gasteiger partial charge in [0.05, 0.1) is 6.42 Å². The number of aromatic hydroxyl groups is 1. The molecule has 1 rings (SSSR count).